The molecule has 1 fully saturated rings. The first-order chi connectivity index (χ1) is 11.1. The summed E-state index contributed by atoms with van der Waals surface area (Å²) in [6, 6.07) is 13.2. The number of hydrogen-bond acceptors (Lipinski definition) is 3. The van der Waals surface area contributed by atoms with E-state index in [1.807, 2.05) is 36.4 Å². The molecule has 0 unspecified atom stereocenters. The lowest BCUT2D eigenvalue weighted by atomic mass is 9.84. The Bertz CT molecular complexity index is 712. The fourth-order valence-corrected chi connectivity index (χ4v) is 3.62. The van der Waals surface area contributed by atoms with Gasteiger partial charge in [-0.1, -0.05) is 47.3 Å². The van der Waals surface area contributed by atoms with Crippen LogP contribution in [0.5, 0.6) is 0 Å². The monoisotopic (exact) mass is 374 g/mol. The van der Waals surface area contributed by atoms with Crippen LogP contribution in [0.4, 0.5) is 17.1 Å². The van der Waals surface area contributed by atoms with Crippen molar-refractivity contribution in [2.75, 3.05) is 5.32 Å². The van der Waals surface area contributed by atoms with Gasteiger partial charge in [0.25, 0.3) is 5.69 Å². The van der Waals surface area contributed by atoms with E-state index in [-0.39, 0.29) is 10.6 Å². The standard InChI is InChI=1S/C18H19BrN2O2/c19-15-7-4-8-16(12-15)20-17-10-9-14(11-18(17)21(22)23)13-5-2-1-3-6-13/h4,7-13,20H,1-3,5-6H2. The molecule has 5 heteroatoms. The Morgan fingerprint density at radius 3 is 2.57 bits per heavy atom. The van der Waals surface area contributed by atoms with Crippen molar-refractivity contribution in [3.05, 3.63) is 62.6 Å². The fraction of sp³-hybridized carbons (Fsp3) is 0.333. The highest BCUT2D eigenvalue weighted by Gasteiger charge is 2.21. The van der Waals surface area contributed by atoms with Crippen LogP contribution in [0.15, 0.2) is 46.9 Å². The number of nitro benzene ring substituents is 1. The molecule has 23 heavy (non-hydrogen) atoms. The van der Waals surface area contributed by atoms with Crippen LogP contribution in [0.2, 0.25) is 0 Å². The zero-order valence-electron chi connectivity index (χ0n) is 12.8. The number of halogens is 1. The van der Waals surface area contributed by atoms with Gasteiger partial charge < -0.3 is 5.32 Å². The van der Waals surface area contributed by atoms with Gasteiger partial charge in [-0.25, -0.2) is 0 Å². The van der Waals surface area contributed by atoms with Gasteiger partial charge in [0, 0.05) is 16.2 Å². The third kappa shape index (κ3) is 3.91. The van der Waals surface area contributed by atoms with Crippen LogP contribution < -0.4 is 5.32 Å². The van der Waals surface area contributed by atoms with E-state index in [0.29, 0.717) is 11.6 Å². The number of benzene rings is 2. The molecule has 1 aliphatic rings. The quantitative estimate of drug-likeness (QED) is 0.515. The van der Waals surface area contributed by atoms with E-state index in [1.54, 1.807) is 6.07 Å². The third-order valence-electron chi connectivity index (χ3n) is 4.40. The molecule has 1 aliphatic carbocycles. The first-order valence-corrected chi connectivity index (χ1v) is 8.74. The predicted molar refractivity (Wildman–Crippen MR) is 96.3 cm³/mol. The molecule has 2 aromatic carbocycles. The van der Waals surface area contributed by atoms with Crippen LogP contribution in [0.25, 0.3) is 0 Å². The second-order valence-electron chi connectivity index (χ2n) is 6.00. The summed E-state index contributed by atoms with van der Waals surface area (Å²) in [6.07, 6.45) is 5.99. The van der Waals surface area contributed by atoms with Crippen LogP contribution >= 0.6 is 15.9 Å². The van der Waals surface area contributed by atoms with Gasteiger partial charge in [0.15, 0.2) is 0 Å². The molecule has 0 amide bonds. The second kappa shape index (κ2) is 7.13. The molecule has 0 atom stereocenters. The van der Waals surface area contributed by atoms with Gasteiger partial charge in [-0.05, 0) is 48.6 Å². The van der Waals surface area contributed by atoms with Crippen molar-refractivity contribution < 1.29 is 4.92 Å². The average Bonchev–Trinajstić information content (AvgIpc) is 2.56. The molecule has 0 aliphatic heterocycles. The Morgan fingerprint density at radius 2 is 1.87 bits per heavy atom. The highest BCUT2D eigenvalue weighted by atomic mass is 79.9. The molecule has 0 spiro atoms. The molecule has 0 saturated heterocycles. The largest absolute Gasteiger partial charge is 0.350 e. The predicted octanol–water partition coefficient (Wildman–Crippen LogP) is 6.15. The lowest BCUT2D eigenvalue weighted by Gasteiger charge is -2.22. The van der Waals surface area contributed by atoms with Crippen molar-refractivity contribution in [3.8, 4) is 0 Å². The number of rotatable bonds is 4. The highest BCUT2D eigenvalue weighted by Crippen LogP contribution is 2.37. The van der Waals surface area contributed by atoms with E-state index in [1.165, 1.54) is 19.3 Å². The molecule has 0 bridgehead atoms. The highest BCUT2D eigenvalue weighted by molar-refractivity contribution is 9.10. The van der Waals surface area contributed by atoms with E-state index in [4.69, 9.17) is 0 Å². The maximum absolute atomic E-state index is 11.5. The first kappa shape index (κ1) is 16.0. The Morgan fingerprint density at radius 1 is 1.09 bits per heavy atom. The Labute approximate surface area is 144 Å². The zero-order valence-corrected chi connectivity index (χ0v) is 14.4. The van der Waals surface area contributed by atoms with Crippen molar-refractivity contribution in [1.82, 2.24) is 0 Å². The summed E-state index contributed by atoms with van der Waals surface area (Å²) in [5.41, 5.74) is 2.60. The summed E-state index contributed by atoms with van der Waals surface area (Å²) in [5.74, 6) is 0.461. The minimum Gasteiger partial charge on any atom is -0.350 e. The van der Waals surface area contributed by atoms with Crippen LogP contribution in [0, 0.1) is 10.1 Å². The molecule has 120 valence electrons. The topological polar surface area (TPSA) is 55.2 Å². The number of nitro groups is 1. The van der Waals surface area contributed by atoms with Crippen LogP contribution in [0.3, 0.4) is 0 Å². The first-order valence-electron chi connectivity index (χ1n) is 7.94. The van der Waals surface area contributed by atoms with Gasteiger partial charge in [0.2, 0.25) is 0 Å². The van der Waals surface area contributed by atoms with E-state index >= 15 is 0 Å². The number of anilines is 2. The van der Waals surface area contributed by atoms with Crippen molar-refractivity contribution in [2.45, 2.75) is 38.0 Å². The van der Waals surface area contributed by atoms with Crippen LogP contribution in [0.1, 0.15) is 43.6 Å². The van der Waals surface area contributed by atoms with Gasteiger partial charge in [0.05, 0.1) is 4.92 Å². The molecule has 4 nitrogen and oxygen atoms in total. The van der Waals surface area contributed by atoms with Crippen LogP contribution in [-0.4, -0.2) is 4.92 Å². The fourth-order valence-electron chi connectivity index (χ4n) is 3.22. The van der Waals surface area contributed by atoms with Gasteiger partial charge in [-0.2, -0.15) is 0 Å². The van der Waals surface area contributed by atoms with Crippen molar-refractivity contribution in [1.29, 1.82) is 0 Å². The van der Waals surface area contributed by atoms with Gasteiger partial charge in [0.1, 0.15) is 5.69 Å². The Balaban J connectivity index is 1.89. The summed E-state index contributed by atoms with van der Waals surface area (Å²) in [6.45, 7) is 0. The molecule has 0 radical (unpaired) electrons. The molecule has 2 aromatic rings. The summed E-state index contributed by atoms with van der Waals surface area (Å²) < 4.78 is 0.934. The molecule has 3 rings (SSSR count). The molecule has 1 saturated carbocycles. The average molecular weight is 375 g/mol. The minimum atomic E-state index is -0.299. The third-order valence-corrected chi connectivity index (χ3v) is 4.89. The summed E-state index contributed by atoms with van der Waals surface area (Å²) >= 11 is 3.41. The van der Waals surface area contributed by atoms with Crippen molar-refractivity contribution in [3.63, 3.8) is 0 Å². The maximum atomic E-state index is 11.5. The molecular weight excluding hydrogens is 356 g/mol. The van der Waals surface area contributed by atoms with E-state index in [9.17, 15) is 10.1 Å². The normalized spacial score (nSPS) is 15.3. The zero-order chi connectivity index (χ0) is 16.2. The van der Waals surface area contributed by atoms with E-state index in [2.05, 4.69) is 21.2 Å². The molecule has 0 aromatic heterocycles. The van der Waals surface area contributed by atoms with Crippen LogP contribution in [-0.2, 0) is 0 Å². The van der Waals surface area contributed by atoms with E-state index in [0.717, 1.165) is 28.6 Å². The Kier molecular flexibility index (Phi) is 4.96. The lowest BCUT2D eigenvalue weighted by molar-refractivity contribution is -0.384. The van der Waals surface area contributed by atoms with Gasteiger partial charge in [-0.15, -0.1) is 0 Å². The molecule has 1 N–H and O–H groups in total. The number of nitrogens with one attached hydrogen (secondary N) is 1. The van der Waals surface area contributed by atoms with Gasteiger partial charge in [-0.3, -0.25) is 10.1 Å². The second-order valence-corrected chi connectivity index (χ2v) is 6.92. The van der Waals surface area contributed by atoms with Gasteiger partial charge >= 0.3 is 0 Å². The SMILES string of the molecule is O=[N+]([O-])c1cc(C2CCCCC2)ccc1Nc1cccc(Br)c1. The van der Waals surface area contributed by atoms with Crippen molar-refractivity contribution >= 4 is 33.0 Å². The van der Waals surface area contributed by atoms with Crippen molar-refractivity contribution in [2.24, 2.45) is 0 Å². The molecule has 0 heterocycles. The smallest absolute Gasteiger partial charge is 0.292 e. The lowest BCUT2D eigenvalue weighted by Crippen LogP contribution is -2.06. The number of hydrogen-bond donors (Lipinski definition) is 1. The summed E-state index contributed by atoms with van der Waals surface area (Å²) in [7, 11) is 0. The maximum Gasteiger partial charge on any atom is 0.292 e. The number of nitrogens with zero attached hydrogens (tertiary/aromatic N) is 1. The molecular formula is C18H19BrN2O2. The summed E-state index contributed by atoms with van der Waals surface area (Å²) in [5, 5.41) is 14.6. The van der Waals surface area contributed by atoms with E-state index < -0.39 is 0 Å². The summed E-state index contributed by atoms with van der Waals surface area (Å²) in [4.78, 5) is 11.2. The Hall–Kier alpha value is -1.88. The minimum absolute atomic E-state index is 0.146.